The van der Waals surface area contributed by atoms with Crippen LogP contribution in [0.3, 0.4) is 0 Å². The fourth-order valence-electron chi connectivity index (χ4n) is 1.91. The van der Waals surface area contributed by atoms with E-state index in [0.717, 1.165) is 12.8 Å². The summed E-state index contributed by atoms with van der Waals surface area (Å²) in [6.07, 6.45) is 2.10. The maximum Gasteiger partial charge on any atom is 0.330 e. The molecular formula is C13H15BrFNO2. The zero-order valence-corrected chi connectivity index (χ0v) is 11.9. The van der Waals surface area contributed by atoms with Crippen LogP contribution < -0.4 is 5.32 Å². The highest BCUT2D eigenvalue weighted by Gasteiger charge is 2.41. The monoisotopic (exact) mass is 315 g/mol. The van der Waals surface area contributed by atoms with Gasteiger partial charge in [-0.05, 0) is 53.4 Å². The van der Waals surface area contributed by atoms with Crippen LogP contribution in [0.4, 0.5) is 4.39 Å². The molecule has 0 aromatic heterocycles. The second-order valence-corrected chi connectivity index (χ2v) is 5.52. The molecule has 2 rings (SSSR count). The van der Waals surface area contributed by atoms with Crippen molar-refractivity contribution in [2.24, 2.45) is 0 Å². The molecule has 5 heteroatoms. The van der Waals surface area contributed by atoms with Gasteiger partial charge in [0, 0.05) is 6.04 Å². The number of carbonyl (C=O) groups excluding carboxylic acids is 1. The minimum absolute atomic E-state index is 0.331. The number of esters is 1. The second kappa shape index (κ2) is 4.97. The number of ether oxygens (including phenoxy) is 1. The molecular weight excluding hydrogens is 301 g/mol. The second-order valence-electron chi connectivity index (χ2n) is 4.66. The van der Waals surface area contributed by atoms with Crippen molar-refractivity contribution in [1.82, 2.24) is 5.32 Å². The summed E-state index contributed by atoms with van der Waals surface area (Å²) in [5.74, 6) is -0.717. The van der Waals surface area contributed by atoms with Gasteiger partial charge in [-0.25, -0.2) is 9.18 Å². The number of benzene rings is 1. The first-order valence-electron chi connectivity index (χ1n) is 5.79. The van der Waals surface area contributed by atoms with Crippen molar-refractivity contribution in [3.05, 3.63) is 34.1 Å². The first-order valence-corrected chi connectivity index (χ1v) is 6.58. The molecule has 1 aliphatic rings. The predicted octanol–water partition coefficient (Wildman–Crippen LogP) is 2.73. The average Bonchev–Trinajstić information content (AvgIpc) is 3.15. The number of carbonyl (C=O) groups is 1. The molecule has 1 saturated carbocycles. The Hall–Kier alpha value is -0.940. The van der Waals surface area contributed by atoms with Crippen molar-refractivity contribution in [3.63, 3.8) is 0 Å². The third kappa shape index (κ3) is 2.57. The van der Waals surface area contributed by atoms with Gasteiger partial charge in [0.25, 0.3) is 0 Å². The molecule has 1 aromatic carbocycles. The molecule has 0 radical (unpaired) electrons. The Balaban J connectivity index is 2.37. The molecule has 0 saturated heterocycles. The van der Waals surface area contributed by atoms with Crippen molar-refractivity contribution in [3.8, 4) is 0 Å². The van der Waals surface area contributed by atoms with Crippen molar-refractivity contribution < 1.29 is 13.9 Å². The van der Waals surface area contributed by atoms with E-state index in [2.05, 4.69) is 21.2 Å². The van der Waals surface area contributed by atoms with Crippen molar-refractivity contribution in [2.45, 2.75) is 31.3 Å². The summed E-state index contributed by atoms with van der Waals surface area (Å²) in [5.41, 5.74) is -0.249. The molecule has 98 valence electrons. The molecule has 3 nitrogen and oxygen atoms in total. The molecule has 0 spiro atoms. The van der Waals surface area contributed by atoms with Crippen LogP contribution in [0.2, 0.25) is 0 Å². The molecule has 0 heterocycles. The fraction of sp³-hybridized carbons (Fsp3) is 0.462. The summed E-state index contributed by atoms with van der Waals surface area (Å²) in [4.78, 5) is 12.0. The molecule has 0 amide bonds. The normalized spacial score (nSPS) is 18.2. The van der Waals surface area contributed by atoms with Gasteiger partial charge in [0.15, 0.2) is 0 Å². The number of nitrogens with one attached hydrogen (secondary N) is 1. The van der Waals surface area contributed by atoms with E-state index in [4.69, 9.17) is 4.74 Å². The SMILES string of the molecule is COC(=O)C(C)(NC1CC1)c1ccc(F)c(Br)c1. The van der Waals surface area contributed by atoms with Gasteiger partial charge in [0.05, 0.1) is 11.6 Å². The lowest BCUT2D eigenvalue weighted by Crippen LogP contribution is -2.48. The molecule has 0 bridgehead atoms. The first-order chi connectivity index (χ1) is 8.47. The van der Waals surface area contributed by atoms with Gasteiger partial charge >= 0.3 is 5.97 Å². The lowest BCUT2D eigenvalue weighted by atomic mass is 9.92. The van der Waals surface area contributed by atoms with Crippen LogP contribution >= 0.6 is 15.9 Å². The maximum atomic E-state index is 13.3. The van der Waals surface area contributed by atoms with Crippen LogP contribution in [0.1, 0.15) is 25.3 Å². The maximum absolute atomic E-state index is 13.3. The molecule has 1 aromatic rings. The summed E-state index contributed by atoms with van der Waals surface area (Å²) in [7, 11) is 1.35. The van der Waals surface area contributed by atoms with Crippen LogP contribution in [-0.2, 0) is 15.1 Å². The van der Waals surface area contributed by atoms with E-state index in [1.54, 1.807) is 19.1 Å². The van der Waals surface area contributed by atoms with Gasteiger partial charge in [-0.3, -0.25) is 5.32 Å². The molecule has 1 fully saturated rings. The van der Waals surface area contributed by atoms with E-state index in [1.165, 1.54) is 13.2 Å². The van der Waals surface area contributed by atoms with Crippen molar-refractivity contribution >= 4 is 21.9 Å². The van der Waals surface area contributed by atoms with Gasteiger partial charge < -0.3 is 4.74 Å². The summed E-state index contributed by atoms with van der Waals surface area (Å²) < 4.78 is 18.5. The van der Waals surface area contributed by atoms with E-state index < -0.39 is 5.54 Å². The Morgan fingerprint density at radius 2 is 2.22 bits per heavy atom. The van der Waals surface area contributed by atoms with E-state index in [-0.39, 0.29) is 11.8 Å². The van der Waals surface area contributed by atoms with Gasteiger partial charge in [0.1, 0.15) is 11.4 Å². The predicted molar refractivity (Wildman–Crippen MR) is 69.6 cm³/mol. The quantitative estimate of drug-likeness (QED) is 0.868. The van der Waals surface area contributed by atoms with Crippen LogP contribution in [0.5, 0.6) is 0 Å². The van der Waals surface area contributed by atoms with Gasteiger partial charge in [-0.15, -0.1) is 0 Å². The van der Waals surface area contributed by atoms with E-state index >= 15 is 0 Å². The minimum Gasteiger partial charge on any atom is -0.467 e. The highest BCUT2D eigenvalue weighted by Crippen LogP contribution is 2.31. The Labute approximate surface area is 114 Å². The number of halogens is 2. The molecule has 1 unspecified atom stereocenters. The molecule has 1 atom stereocenters. The van der Waals surface area contributed by atoms with E-state index in [9.17, 15) is 9.18 Å². The van der Waals surface area contributed by atoms with Gasteiger partial charge in [-0.2, -0.15) is 0 Å². The molecule has 0 aliphatic heterocycles. The van der Waals surface area contributed by atoms with Crippen LogP contribution in [-0.4, -0.2) is 19.1 Å². The smallest absolute Gasteiger partial charge is 0.330 e. The topological polar surface area (TPSA) is 38.3 Å². The largest absolute Gasteiger partial charge is 0.467 e. The Kier molecular flexibility index (Phi) is 3.73. The summed E-state index contributed by atoms with van der Waals surface area (Å²) in [6, 6.07) is 4.89. The molecule has 18 heavy (non-hydrogen) atoms. The summed E-state index contributed by atoms with van der Waals surface area (Å²) in [5, 5.41) is 3.26. The number of hydrogen-bond donors (Lipinski definition) is 1. The van der Waals surface area contributed by atoms with Gasteiger partial charge in [-0.1, -0.05) is 6.07 Å². The summed E-state index contributed by atoms with van der Waals surface area (Å²) >= 11 is 3.14. The lowest BCUT2D eigenvalue weighted by molar-refractivity contribution is -0.148. The highest BCUT2D eigenvalue weighted by molar-refractivity contribution is 9.10. The molecule has 1 aliphatic carbocycles. The van der Waals surface area contributed by atoms with E-state index in [0.29, 0.717) is 16.1 Å². The first kappa shape index (κ1) is 13.5. The van der Waals surface area contributed by atoms with E-state index in [1.807, 2.05) is 0 Å². The zero-order chi connectivity index (χ0) is 13.3. The molecule has 1 N–H and O–H groups in total. The van der Waals surface area contributed by atoms with Crippen LogP contribution in [0, 0.1) is 5.82 Å². The standard InChI is InChI=1S/C13H15BrFNO2/c1-13(12(17)18-2,16-9-4-5-9)8-3-6-11(15)10(14)7-8/h3,6-7,9,16H,4-5H2,1-2H3. The number of hydrogen-bond acceptors (Lipinski definition) is 3. The average molecular weight is 316 g/mol. The van der Waals surface area contributed by atoms with Crippen LogP contribution in [0.15, 0.2) is 22.7 Å². The third-order valence-electron chi connectivity index (χ3n) is 3.16. The number of rotatable bonds is 4. The summed E-state index contributed by atoms with van der Waals surface area (Å²) in [6.45, 7) is 1.76. The van der Waals surface area contributed by atoms with Gasteiger partial charge in [0.2, 0.25) is 0 Å². The Bertz CT molecular complexity index is 476. The zero-order valence-electron chi connectivity index (χ0n) is 10.3. The Morgan fingerprint density at radius 1 is 1.56 bits per heavy atom. The lowest BCUT2D eigenvalue weighted by Gasteiger charge is -2.29. The minimum atomic E-state index is -0.938. The third-order valence-corrected chi connectivity index (χ3v) is 3.77. The fourth-order valence-corrected chi connectivity index (χ4v) is 2.29. The van der Waals surface area contributed by atoms with Crippen molar-refractivity contribution in [1.29, 1.82) is 0 Å². The highest BCUT2D eigenvalue weighted by atomic mass is 79.9. The number of methoxy groups -OCH3 is 1. The Morgan fingerprint density at radius 3 is 2.72 bits per heavy atom. The van der Waals surface area contributed by atoms with Crippen LogP contribution in [0.25, 0.3) is 0 Å². The van der Waals surface area contributed by atoms with Crippen molar-refractivity contribution in [2.75, 3.05) is 7.11 Å².